The number of hydrogen-bond acceptors (Lipinski definition) is 26. The van der Waals surface area contributed by atoms with Gasteiger partial charge in [-0.1, -0.05) is 69.3 Å². The monoisotopic (exact) mass is 1910 g/mol. The molecule has 35 nitrogen and oxygen atoms in total. The molecule has 0 spiro atoms. The number of halogens is 7. The van der Waals surface area contributed by atoms with Gasteiger partial charge in [0.1, 0.15) is 77.6 Å². The molecule has 5 atom stereocenters. The molecule has 5 fully saturated rings. The Labute approximate surface area is 763 Å². The number of aryl methyl sites for hydroxylation is 1. The first-order valence-electron chi connectivity index (χ1n) is 40.2. The Bertz CT molecular complexity index is 6550. The zero-order chi connectivity index (χ0) is 96.5. The number of rotatable bonds is 29. The third kappa shape index (κ3) is 24.0. The van der Waals surface area contributed by atoms with E-state index in [9.17, 15) is 80.0 Å². The van der Waals surface area contributed by atoms with Gasteiger partial charge in [0.2, 0.25) is 20.0 Å². The number of nitrogens with one attached hydrogen (secondary N) is 5. The summed E-state index contributed by atoms with van der Waals surface area (Å²) in [6.07, 6.45) is 8.28. The van der Waals surface area contributed by atoms with Crippen molar-refractivity contribution in [2.24, 2.45) is 17.3 Å². The Kier molecular flexibility index (Phi) is 31.3. The summed E-state index contributed by atoms with van der Waals surface area (Å²) in [4.78, 5) is 70.4. The fraction of sp³-hybridized carbons (Fsp3) is 0.191. The van der Waals surface area contributed by atoms with Crippen LogP contribution < -0.4 is 61.4 Å². The number of primary sulfonamides is 2. The van der Waals surface area contributed by atoms with Crippen LogP contribution in [0, 0.1) is 40.7 Å². The number of aromatic nitrogens is 7. The quantitative estimate of drug-likeness (QED) is 0.0169. The van der Waals surface area contributed by atoms with Gasteiger partial charge in [0, 0.05) is 48.0 Å². The minimum absolute atomic E-state index is 0.00475. The first-order valence-corrected chi connectivity index (χ1v) is 45.2. The highest BCUT2D eigenvalue weighted by atomic mass is 32.2. The van der Waals surface area contributed by atoms with Gasteiger partial charge in [-0.05, 0) is 192 Å². The SMILES string of the molecule is C=CNC[C@H]1CN(c2cc(F)c(-c3ccc(S(N)(=O)=O)cc3)c(F)c2)C(=O)O1.C=CNC[C@H]1CN(c2cc(F)c(-c3cccc(S(N)(=O)=O)c3)c(F)c2)C(=O)O1.C=CNC[C@H]1CN(c2ccc(-c3ccc(-n4cnnn4)nc3)c(F)c2)C(=O)O1.C=CNC[C@H]1CN(c2ccc(-c3ccc(S(C)(=O)=O)cc3)c(F)c2)C(=O)O1.C=CNC[C@H]1CN(c2ccc(-c3ccnn3C)c(F)c2)C(=O)O1. The van der Waals surface area contributed by atoms with Crippen molar-refractivity contribution in [3.8, 4) is 61.6 Å². The summed E-state index contributed by atoms with van der Waals surface area (Å²) < 4.78 is 200. The maximum atomic E-state index is 14.7. The molecule has 5 aliphatic heterocycles. The maximum Gasteiger partial charge on any atom is 0.414 e. The number of benzene rings is 8. The Morgan fingerprint density at radius 2 is 0.754 bits per heavy atom. The summed E-state index contributed by atoms with van der Waals surface area (Å²) in [5.41, 5.74) is 3.62. The minimum Gasteiger partial charge on any atom is -0.442 e. The van der Waals surface area contributed by atoms with Crippen LogP contribution in [0.1, 0.15) is 0 Å². The molecule has 16 rings (SSSR count). The Morgan fingerprint density at radius 1 is 0.403 bits per heavy atom. The topological polar surface area (TPSA) is 437 Å². The normalized spacial score (nSPS) is 16.7. The van der Waals surface area contributed by atoms with Crippen LogP contribution >= 0.6 is 0 Å². The minimum atomic E-state index is -4.03. The molecule has 0 unspecified atom stereocenters. The Balaban J connectivity index is 0.000000151. The lowest BCUT2D eigenvalue weighted by Crippen LogP contribution is -2.28. The van der Waals surface area contributed by atoms with E-state index >= 15 is 0 Å². The van der Waals surface area contributed by atoms with E-state index in [0.717, 1.165) is 58.5 Å². The number of tetrazole rings is 1. The van der Waals surface area contributed by atoms with Gasteiger partial charge >= 0.3 is 30.5 Å². The lowest BCUT2D eigenvalue weighted by Gasteiger charge is -2.15. The Morgan fingerprint density at radius 3 is 1.09 bits per heavy atom. The molecule has 5 saturated heterocycles. The molecule has 9 N–H and O–H groups in total. The van der Waals surface area contributed by atoms with Gasteiger partial charge in [0.25, 0.3) is 0 Å². The van der Waals surface area contributed by atoms with Crippen LogP contribution in [0.3, 0.4) is 0 Å². The second kappa shape index (κ2) is 43.0. The van der Waals surface area contributed by atoms with Gasteiger partial charge in [-0.25, -0.2) is 95.2 Å². The van der Waals surface area contributed by atoms with Crippen LogP contribution in [0.15, 0.2) is 267 Å². The van der Waals surface area contributed by atoms with Crippen molar-refractivity contribution in [1.82, 2.24) is 61.6 Å². The van der Waals surface area contributed by atoms with Crippen LogP contribution in [-0.4, -0.2) is 193 Å². The summed E-state index contributed by atoms with van der Waals surface area (Å²) in [7, 11) is -9.51. The van der Waals surface area contributed by atoms with Gasteiger partial charge in [-0.3, -0.25) is 29.2 Å². The number of cyclic esters (lactones) is 5. The smallest absolute Gasteiger partial charge is 0.414 e. The molecule has 0 saturated carbocycles. The van der Waals surface area contributed by atoms with Crippen molar-refractivity contribution in [1.29, 1.82) is 0 Å². The van der Waals surface area contributed by atoms with Gasteiger partial charge in [-0.2, -0.15) is 9.78 Å². The van der Waals surface area contributed by atoms with E-state index in [1.165, 1.54) is 117 Å². The summed E-state index contributed by atoms with van der Waals surface area (Å²) in [6.45, 7) is 20.9. The van der Waals surface area contributed by atoms with E-state index < -0.39 is 119 Å². The predicted molar refractivity (Wildman–Crippen MR) is 481 cm³/mol. The molecule has 11 aromatic rings. The van der Waals surface area contributed by atoms with E-state index in [1.807, 2.05) is 0 Å². The molecule has 8 heterocycles. The number of sulfonamides is 2. The van der Waals surface area contributed by atoms with Crippen molar-refractivity contribution < 1.29 is 104 Å². The van der Waals surface area contributed by atoms with Crippen LogP contribution in [0.4, 0.5) is 83.1 Å². The van der Waals surface area contributed by atoms with E-state index in [4.69, 9.17) is 34.0 Å². The van der Waals surface area contributed by atoms with E-state index in [-0.39, 0.29) is 74.2 Å². The number of carbonyl (C=O) groups is 5. The summed E-state index contributed by atoms with van der Waals surface area (Å²) in [6, 6.07) is 38.7. The average molecular weight is 1910 g/mol. The first kappa shape index (κ1) is 97.6. The van der Waals surface area contributed by atoms with Crippen LogP contribution in [-0.2, 0) is 60.6 Å². The van der Waals surface area contributed by atoms with E-state index in [0.29, 0.717) is 109 Å². The Hall–Kier alpha value is -15.5. The van der Waals surface area contributed by atoms with Crippen molar-refractivity contribution in [2.75, 3.05) is 96.2 Å². The number of pyridine rings is 1. The van der Waals surface area contributed by atoms with Crippen molar-refractivity contribution >= 4 is 88.8 Å². The van der Waals surface area contributed by atoms with Crippen LogP contribution in [0.2, 0.25) is 0 Å². The van der Waals surface area contributed by atoms with Gasteiger partial charge < -0.3 is 50.3 Å². The number of anilines is 5. The third-order valence-electron chi connectivity index (χ3n) is 20.5. The summed E-state index contributed by atoms with van der Waals surface area (Å²) in [5, 5.41) is 39.3. The maximum absolute atomic E-state index is 14.7. The van der Waals surface area contributed by atoms with Crippen LogP contribution in [0.5, 0.6) is 0 Å². The van der Waals surface area contributed by atoms with Gasteiger partial charge in [-0.15, -0.1) is 5.10 Å². The highest BCUT2D eigenvalue weighted by molar-refractivity contribution is 7.90. The molecular formula is C89H86F7N19O16S3. The molecule has 8 aromatic carbocycles. The van der Waals surface area contributed by atoms with Crippen molar-refractivity contribution in [2.45, 2.75) is 45.2 Å². The lowest BCUT2D eigenvalue weighted by molar-refractivity contribution is 0.141. The molecule has 5 amide bonds. The zero-order valence-corrected chi connectivity index (χ0v) is 73.7. The molecule has 5 aliphatic rings. The molecule has 0 radical (unpaired) electrons. The number of amides is 5. The summed E-state index contributed by atoms with van der Waals surface area (Å²) in [5.74, 6) is -4.59. The third-order valence-corrected chi connectivity index (χ3v) is 23.5. The fourth-order valence-corrected chi connectivity index (χ4v) is 15.8. The zero-order valence-electron chi connectivity index (χ0n) is 71.2. The molecule has 0 aliphatic carbocycles. The highest BCUT2D eigenvalue weighted by Crippen LogP contribution is 2.38. The number of carbonyl (C=O) groups excluding carboxylic acids is 5. The number of nitrogens with zero attached hydrogens (tertiary/aromatic N) is 12. The summed E-state index contributed by atoms with van der Waals surface area (Å²) >= 11 is 0. The van der Waals surface area contributed by atoms with E-state index in [2.05, 4.69) is 85.1 Å². The molecule has 45 heteroatoms. The second-order valence-electron chi connectivity index (χ2n) is 29.6. The average Bonchev–Trinajstić information content (AvgIpc) is 1.21. The largest absolute Gasteiger partial charge is 0.442 e. The van der Waals surface area contributed by atoms with Crippen molar-refractivity contribution in [3.05, 3.63) is 293 Å². The highest BCUT2D eigenvalue weighted by Gasteiger charge is 2.38. The van der Waals surface area contributed by atoms with Crippen LogP contribution in [0.25, 0.3) is 61.6 Å². The number of hydrogen-bond donors (Lipinski definition) is 7. The van der Waals surface area contributed by atoms with Gasteiger partial charge in [0.15, 0.2) is 15.7 Å². The lowest BCUT2D eigenvalue weighted by atomic mass is 10.0. The number of nitrogens with two attached hydrogens (primary N) is 2. The molecule has 700 valence electrons. The molecule has 3 aromatic heterocycles. The first-order chi connectivity index (χ1) is 63.9. The number of ether oxygens (including phenoxy) is 5. The second-order valence-corrected chi connectivity index (χ2v) is 34.8. The van der Waals surface area contributed by atoms with E-state index in [1.54, 1.807) is 90.9 Å². The van der Waals surface area contributed by atoms with Crippen molar-refractivity contribution in [3.63, 3.8) is 0 Å². The fourth-order valence-electron chi connectivity index (χ4n) is 14.0. The molecule has 134 heavy (non-hydrogen) atoms. The molecule has 0 bridgehead atoms. The molecular weight excluding hydrogens is 1820 g/mol. The standard InChI is InChI=1S/C19H19FN2O4S.2C18H17F2N3O4S.C18H16FN7O2.C16H17FN4O2/c1-3-21-11-15-12-22(19(23)26-15)14-6-9-17(18(20)10-14)13-4-7-16(8-5-13)27(2,24)25;1-2-22-9-13-10-23(18(24)27-13)12-7-15(19)17(16(20)8-12)11-3-5-14(6-4-11)28(21,25)26;1-2-22-9-13-10-23(18(24)27-13)12-7-15(19)17(16(20)8-12)11-4-3-5-14(6-11)28(21,25)26;1-2-20-9-14-10-25(18(27)28-14)13-4-5-15(16(19)7-13)12-3-6-17(21-8-12)26-11-22-23-24-26;1-3-18-9-12-10-21(16(22)23-12)11-4-5-13(14(17)8-11)15-6-7-19-20(15)2/h3-10,15,21H,1,11-12H2,2H3;2*2-8,13,22H,1,9-10H2,(H2,21,25,26);2-8,11,14,20H,1,9-10H2;3-8,12,18H,1,9-10H2,2H3/t15-;2*13-;14-;12-/m00000/s1. The van der Waals surface area contributed by atoms with Gasteiger partial charge in [0.05, 0.1) is 125 Å². The number of sulfone groups is 1. The predicted octanol–water partition coefficient (Wildman–Crippen LogP) is 11.8.